The number of rotatable bonds is 4. The lowest BCUT2D eigenvalue weighted by molar-refractivity contribution is 0.715. The molecule has 0 spiro atoms. The van der Waals surface area contributed by atoms with Gasteiger partial charge in [-0.3, -0.25) is 0 Å². The Morgan fingerprint density at radius 1 is 1.25 bits per heavy atom. The summed E-state index contributed by atoms with van der Waals surface area (Å²) in [4.78, 5) is 0.872. The summed E-state index contributed by atoms with van der Waals surface area (Å²) in [5, 5.41) is 14.0. The predicted molar refractivity (Wildman–Crippen MR) is 81.0 cm³/mol. The Labute approximate surface area is 121 Å². The van der Waals surface area contributed by atoms with Crippen LogP contribution in [-0.2, 0) is 12.8 Å². The Bertz CT molecular complexity index is 728. The van der Waals surface area contributed by atoms with E-state index < -0.39 is 0 Å². The maximum atomic E-state index is 5.79. The summed E-state index contributed by atoms with van der Waals surface area (Å²) >= 11 is 1.61. The number of nitrogens with two attached hydrogens (primary N) is 1. The number of aryl methyl sites for hydroxylation is 2. The van der Waals surface area contributed by atoms with Crippen LogP contribution in [0.3, 0.4) is 0 Å². The van der Waals surface area contributed by atoms with E-state index >= 15 is 0 Å². The van der Waals surface area contributed by atoms with Gasteiger partial charge in [-0.2, -0.15) is 9.61 Å². The van der Waals surface area contributed by atoms with Crippen molar-refractivity contribution in [2.24, 2.45) is 0 Å². The molecule has 0 saturated carbocycles. The van der Waals surface area contributed by atoms with Gasteiger partial charge in [0.1, 0.15) is 5.01 Å². The van der Waals surface area contributed by atoms with E-state index in [1.807, 2.05) is 22.7 Å². The molecule has 0 aliphatic heterocycles. The molecule has 0 fully saturated rings. The first-order valence-corrected chi connectivity index (χ1v) is 7.50. The molecule has 0 aliphatic rings. The highest BCUT2D eigenvalue weighted by atomic mass is 32.1. The molecule has 0 radical (unpaired) electrons. The van der Waals surface area contributed by atoms with E-state index in [0.29, 0.717) is 5.92 Å². The fraction of sp³-hybridized carbons (Fsp3) is 0.357. The van der Waals surface area contributed by atoms with Crippen LogP contribution in [-0.4, -0.2) is 19.8 Å². The first-order chi connectivity index (χ1) is 9.63. The van der Waals surface area contributed by atoms with Gasteiger partial charge in [0.25, 0.3) is 0 Å². The number of anilines is 1. The van der Waals surface area contributed by atoms with Gasteiger partial charge in [0.15, 0.2) is 5.82 Å². The molecule has 2 N–H and O–H groups in total. The second kappa shape index (κ2) is 5.20. The van der Waals surface area contributed by atoms with Crippen molar-refractivity contribution in [3.8, 4) is 0 Å². The minimum Gasteiger partial charge on any atom is -0.399 e. The minimum absolute atomic E-state index is 0.328. The molecule has 0 unspecified atom stereocenters. The van der Waals surface area contributed by atoms with Crippen LogP contribution in [0.15, 0.2) is 24.3 Å². The van der Waals surface area contributed by atoms with Gasteiger partial charge in [0.2, 0.25) is 4.96 Å². The average molecular weight is 287 g/mol. The SMILES string of the molecule is CC(C)c1nnc2sc(CCc3cccc(N)c3)nn12. The summed E-state index contributed by atoms with van der Waals surface area (Å²) in [7, 11) is 0. The van der Waals surface area contributed by atoms with Gasteiger partial charge in [-0.15, -0.1) is 10.2 Å². The lowest BCUT2D eigenvalue weighted by Crippen LogP contribution is -1.99. The molecule has 0 aliphatic carbocycles. The Morgan fingerprint density at radius 3 is 2.85 bits per heavy atom. The van der Waals surface area contributed by atoms with Crippen molar-refractivity contribution in [1.82, 2.24) is 19.8 Å². The number of aromatic nitrogens is 4. The molecule has 104 valence electrons. The molecule has 20 heavy (non-hydrogen) atoms. The average Bonchev–Trinajstić information content (AvgIpc) is 2.95. The third-order valence-electron chi connectivity index (χ3n) is 3.15. The highest BCUT2D eigenvalue weighted by molar-refractivity contribution is 7.16. The molecule has 3 aromatic rings. The first-order valence-electron chi connectivity index (χ1n) is 6.69. The van der Waals surface area contributed by atoms with Crippen molar-refractivity contribution < 1.29 is 0 Å². The number of nitrogen functional groups attached to an aromatic ring is 1. The largest absolute Gasteiger partial charge is 0.399 e. The van der Waals surface area contributed by atoms with Crippen molar-refractivity contribution in [3.05, 3.63) is 40.7 Å². The second-order valence-electron chi connectivity index (χ2n) is 5.15. The molecular weight excluding hydrogens is 270 g/mol. The topological polar surface area (TPSA) is 69.1 Å². The van der Waals surface area contributed by atoms with E-state index in [0.717, 1.165) is 34.3 Å². The van der Waals surface area contributed by atoms with Gasteiger partial charge in [-0.05, 0) is 24.1 Å². The predicted octanol–water partition coefficient (Wildman–Crippen LogP) is 2.68. The monoisotopic (exact) mass is 287 g/mol. The maximum absolute atomic E-state index is 5.79. The first kappa shape index (κ1) is 13.1. The lowest BCUT2D eigenvalue weighted by atomic mass is 10.1. The minimum atomic E-state index is 0.328. The van der Waals surface area contributed by atoms with E-state index in [2.05, 4.69) is 35.2 Å². The summed E-state index contributed by atoms with van der Waals surface area (Å²) in [6.45, 7) is 4.20. The van der Waals surface area contributed by atoms with Crippen LogP contribution in [0.25, 0.3) is 4.96 Å². The molecule has 0 atom stereocenters. The van der Waals surface area contributed by atoms with Gasteiger partial charge in [0.05, 0.1) is 0 Å². The van der Waals surface area contributed by atoms with Crippen molar-refractivity contribution in [1.29, 1.82) is 0 Å². The zero-order valence-electron chi connectivity index (χ0n) is 11.6. The fourth-order valence-corrected chi connectivity index (χ4v) is 2.97. The molecular formula is C14H17N5S. The van der Waals surface area contributed by atoms with Crippen LogP contribution in [0, 0.1) is 0 Å². The summed E-state index contributed by atoms with van der Waals surface area (Å²) in [6, 6.07) is 8.00. The molecule has 0 saturated heterocycles. The van der Waals surface area contributed by atoms with Crippen LogP contribution in [0.1, 0.15) is 36.2 Å². The second-order valence-corrected chi connectivity index (χ2v) is 6.19. The Hall–Kier alpha value is -1.95. The van der Waals surface area contributed by atoms with Crippen molar-refractivity contribution >= 4 is 22.0 Å². The number of fused-ring (bicyclic) bond motifs is 1. The smallest absolute Gasteiger partial charge is 0.234 e. The summed E-state index contributed by atoms with van der Waals surface area (Å²) in [5.41, 5.74) is 7.83. The third-order valence-corrected chi connectivity index (χ3v) is 4.11. The van der Waals surface area contributed by atoms with E-state index in [-0.39, 0.29) is 0 Å². The Kier molecular flexibility index (Phi) is 3.40. The van der Waals surface area contributed by atoms with Crippen LogP contribution in [0.5, 0.6) is 0 Å². The number of nitrogens with zero attached hydrogens (tertiary/aromatic N) is 4. The molecule has 0 amide bonds. The van der Waals surface area contributed by atoms with Gasteiger partial charge >= 0.3 is 0 Å². The Balaban J connectivity index is 1.78. The summed E-state index contributed by atoms with van der Waals surface area (Å²) in [5.74, 6) is 1.25. The zero-order valence-corrected chi connectivity index (χ0v) is 12.4. The Morgan fingerprint density at radius 2 is 2.10 bits per heavy atom. The number of hydrogen-bond acceptors (Lipinski definition) is 5. The zero-order chi connectivity index (χ0) is 14.1. The molecule has 2 heterocycles. The van der Waals surface area contributed by atoms with Crippen molar-refractivity contribution in [2.45, 2.75) is 32.6 Å². The lowest BCUT2D eigenvalue weighted by Gasteiger charge is -2.00. The molecule has 1 aromatic carbocycles. The standard InChI is InChI=1S/C14H17N5S/c1-9(2)13-16-17-14-19(13)18-12(20-14)7-6-10-4-3-5-11(15)8-10/h3-5,8-9H,6-7,15H2,1-2H3. The van der Waals surface area contributed by atoms with E-state index in [1.165, 1.54) is 5.56 Å². The van der Waals surface area contributed by atoms with E-state index in [9.17, 15) is 0 Å². The van der Waals surface area contributed by atoms with E-state index in [4.69, 9.17) is 5.73 Å². The highest BCUT2D eigenvalue weighted by Crippen LogP contribution is 2.20. The number of hydrogen-bond donors (Lipinski definition) is 1. The van der Waals surface area contributed by atoms with Gasteiger partial charge in [0, 0.05) is 18.0 Å². The van der Waals surface area contributed by atoms with Crippen molar-refractivity contribution in [2.75, 3.05) is 5.73 Å². The van der Waals surface area contributed by atoms with Crippen LogP contribution in [0.4, 0.5) is 5.69 Å². The van der Waals surface area contributed by atoms with Gasteiger partial charge < -0.3 is 5.73 Å². The molecule has 0 bridgehead atoms. The summed E-state index contributed by atoms with van der Waals surface area (Å²) in [6.07, 6.45) is 1.83. The summed E-state index contributed by atoms with van der Waals surface area (Å²) < 4.78 is 1.87. The molecule has 2 aromatic heterocycles. The van der Waals surface area contributed by atoms with Crippen molar-refractivity contribution in [3.63, 3.8) is 0 Å². The third kappa shape index (κ3) is 2.51. The van der Waals surface area contributed by atoms with Gasteiger partial charge in [-0.1, -0.05) is 37.3 Å². The van der Waals surface area contributed by atoms with Gasteiger partial charge in [-0.25, -0.2) is 0 Å². The normalized spacial score (nSPS) is 11.6. The van der Waals surface area contributed by atoms with Crippen LogP contribution < -0.4 is 5.73 Å². The quantitative estimate of drug-likeness (QED) is 0.749. The fourth-order valence-electron chi connectivity index (χ4n) is 2.13. The molecule has 6 heteroatoms. The number of benzene rings is 1. The molecule has 3 rings (SSSR count). The maximum Gasteiger partial charge on any atom is 0.234 e. The van der Waals surface area contributed by atoms with Crippen LogP contribution in [0.2, 0.25) is 0 Å². The highest BCUT2D eigenvalue weighted by Gasteiger charge is 2.13. The molecule has 5 nitrogen and oxygen atoms in total. The van der Waals surface area contributed by atoms with Crippen LogP contribution >= 0.6 is 11.3 Å². The van der Waals surface area contributed by atoms with E-state index in [1.54, 1.807) is 11.3 Å².